The number of aryl methyl sites for hydroxylation is 1. The molecular weight excluding hydrogens is 398 g/mol. The van der Waals surface area contributed by atoms with Crippen molar-refractivity contribution in [3.05, 3.63) is 68.5 Å². The number of fused-ring (bicyclic) bond motifs is 1. The second kappa shape index (κ2) is 8.49. The second-order valence-electron chi connectivity index (χ2n) is 7.89. The molecule has 2 heterocycles. The molecule has 0 spiro atoms. The van der Waals surface area contributed by atoms with E-state index in [1.54, 1.807) is 31.2 Å². The van der Waals surface area contributed by atoms with E-state index in [1.807, 2.05) is 0 Å². The summed E-state index contributed by atoms with van der Waals surface area (Å²) >= 11 is 0. The Morgan fingerprint density at radius 2 is 1.81 bits per heavy atom. The lowest BCUT2D eigenvalue weighted by Gasteiger charge is -2.34. The van der Waals surface area contributed by atoms with Crippen molar-refractivity contribution in [2.75, 3.05) is 32.7 Å². The minimum Gasteiger partial charge on any atom is -0.507 e. The fourth-order valence-corrected chi connectivity index (χ4v) is 4.06. The maximum Gasteiger partial charge on any atom is 0.269 e. The molecule has 8 nitrogen and oxygen atoms in total. The highest BCUT2D eigenvalue weighted by molar-refractivity contribution is 6.15. The van der Waals surface area contributed by atoms with Gasteiger partial charge in [0.1, 0.15) is 11.5 Å². The van der Waals surface area contributed by atoms with Crippen molar-refractivity contribution in [1.82, 2.24) is 9.80 Å². The summed E-state index contributed by atoms with van der Waals surface area (Å²) in [5.41, 5.74) is 2.35. The van der Waals surface area contributed by atoms with Crippen LogP contribution in [0.15, 0.2) is 36.1 Å². The molecule has 8 heteroatoms. The lowest BCUT2D eigenvalue weighted by molar-refractivity contribution is -0.384. The predicted octanol–water partition coefficient (Wildman–Crippen LogP) is 3.36. The highest BCUT2D eigenvalue weighted by atomic mass is 16.6. The van der Waals surface area contributed by atoms with Gasteiger partial charge >= 0.3 is 0 Å². The third-order valence-electron chi connectivity index (χ3n) is 5.92. The number of nitro benzene ring substituents is 1. The Morgan fingerprint density at radius 3 is 2.42 bits per heavy atom. The van der Waals surface area contributed by atoms with E-state index in [0.717, 1.165) is 32.7 Å². The fourth-order valence-electron chi connectivity index (χ4n) is 4.06. The molecule has 2 aliphatic heterocycles. The molecular formula is C23H25N3O5. The summed E-state index contributed by atoms with van der Waals surface area (Å²) < 4.78 is 5.96. The quantitative estimate of drug-likeness (QED) is 0.447. The summed E-state index contributed by atoms with van der Waals surface area (Å²) in [6, 6.07) is 7.54. The number of phenolic OH excluding ortho intramolecular Hbond substituents is 1. The van der Waals surface area contributed by atoms with Crippen LogP contribution in [0, 0.1) is 17.0 Å². The van der Waals surface area contributed by atoms with Crippen LogP contribution in [0.3, 0.4) is 0 Å². The summed E-state index contributed by atoms with van der Waals surface area (Å²) in [5, 5.41) is 21.5. The van der Waals surface area contributed by atoms with Crippen LogP contribution in [0.5, 0.6) is 11.5 Å². The molecule has 1 saturated heterocycles. The molecule has 2 aromatic carbocycles. The van der Waals surface area contributed by atoms with Crippen molar-refractivity contribution >= 4 is 17.5 Å². The largest absolute Gasteiger partial charge is 0.507 e. The number of hydrogen-bond acceptors (Lipinski definition) is 7. The number of nitro groups is 1. The van der Waals surface area contributed by atoms with Crippen LogP contribution in [0.4, 0.5) is 5.69 Å². The maximum atomic E-state index is 13.0. The fraction of sp³-hybridized carbons (Fsp3) is 0.348. The zero-order valence-corrected chi connectivity index (χ0v) is 17.6. The Morgan fingerprint density at radius 1 is 1.16 bits per heavy atom. The van der Waals surface area contributed by atoms with Crippen molar-refractivity contribution in [1.29, 1.82) is 0 Å². The number of carbonyl (C=O) groups is 1. The first-order valence-electron chi connectivity index (χ1n) is 10.4. The summed E-state index contributed by atoms with van der Waals surface area (Å²) in [6.45, 7) is 9.15. The number of benzene rings is 2. The Bertz CT molecular complexity index is 1050. The number of hydrogen-bond donors (Lipinski definition) is 1. The summed E-state index contributed by atoms with van der Waals surface area (Å²) in [7, 11) is 0. The van der Waals surface area contributed by atoms with E-state index in [9.17, 15) is 20.0 Å². The van der Waals surface area contributed by atoms with Gasteiger partial charge in [-0.15, -0.1) is 0 Å². The summed E-state index contributed by atoms with van der Waals surface area (Å²) in [6.07, 6.45) is 1.58. The van der Waals surface area contributed by atoms with E-state index < -0.39 is 4.92 Å². The number of piperazine rings is 1. The Kier molecular flexibility index (Phi) is 5.75. The molecule has 0 atom stereocenters. The number of Topliss-reactive ketones (excluding diaryl/α,β-unsaturated/α-hetero) is 1. The van der Waals surface area contributed by atoms with Crippen LogP contribution in [-0.4, -0.2) is 58.3 Å². The lowest BCUT2D eigenvalue weighted by Crippen LogP contribution is -2.45. The molecule has 4 rings (SSSR count). The van der Waals surface area contributed by atoms with Crippen molar-refractivity contribution in [3.8, 4) is 11.5 Å². The van der Waals surface area contributed by atoms with Gasteiger partial charge in [0.05, 0.1) is 16.1 Å². The molecule has 0 saturated carbocycles. The Balaban J connectivity index is 1.61. The maximum absolute atomic E-state index is 13.0. The summed E-state index contributed by atoms with van der Waals surface area (Å²) in [4.78, 5) is 28.0. The number of phenols is 1. The van der Waals surface area contributed by atoms with Gasteiger partial charge in [0.2, 0.25) is 5.78 Å². The lowest BCUT2D eigenvalue weighted by atomic mass is 9.99. The van der Waals surface area contributed by atoms with Gasteiger partial charge in [-0.2, -0.15) is 0 Å². The summed E-state index contributed by atoms with van der Waals surface area (Å²) in [5.74, 6) is 0.435. The molecule has 0 bridgehead atoms. The number of nitrogens with zero attached hydrogens (tertiary/aromatic N) is 3. The van der Waals surface area contributed by atoms with Crippen molar-refractivity contribution in [2.45, 2.75) is 20.4 Å². The number of likely N-dealkylation sites (N-methyl/N-ethyl adjacent to an activating group) is 1. The van der Waals surface area contributed by atoms with Gasteiger partial charge in [-0.25, -0.2) is 0 Å². The minimum absolute atomic E-state index is 0.0182. The first kappa shape index (κ1) is 21.0. The SMILES string of the molecule is CCN1CCN(Cc2c(O)cc(C)c3c2O/C(=C\c2ccc([N+](=O)[O-])cc2)C3=O)CC1. The Hall–Kier alpha value is -3.23. The van der Waals surface area contributed by atoms with E-state index >= 15 is 0 Å². The van der Waals surface area contributed by atoms with Gasteiger partial charge in [-0.3, -0.25) is 19.8 Å². The van der Waals surface area contributed by atoms with E-state index in [2.05, 4.69) is 16.7 Å². The average Bonchev–Trinajstić information content (AvgIpc) is 3.08. The minimum atomic E-state index is -0.470. The molecule has 0 amide bonds. The number of carbonyl (C=O) groups excluding carboxylic acids is 1. The van der Waals surface area contributed by atoms with Gasteiger partial charge < -0.3 is 14.7 Å². The topological polar surface area (TPSA) is 96.2 Å². The average molecular weight is 423 g/mol. The van der Waals surface area contributed by atoms with Crippen molar-refractivity contribution in [2.24, 2.45) is 0 Å². The molecule has 2 aliphatic rings. The number of aromatic hydroxyl groups is 1. The van der Waals surface area contributed by atoms with Gasteiger partial charge in [-0.05, 0) is 48.9 Å². The predicted molar refractivity (Wildman–Crippen MR) is 116 cm³/mol. The number of rotatable bonds is 5. The number of allylic oxidation sites excluding steroid dienone is 1. The molecule has 1 N–H and O–H groups in total. The van der Waals surface area contributed by atoms with Crippen LogP contribution >= 0.6 is 0 Å². The van der Waals surface area contributed by atoms with Crippen molar-refractivity contribution < 1.29 is 19.6 Å². The second-order valence-corrected chi connectivity index (χ2v) is 7.89. The van der Waals surface area contributed by atoms with E-state index in [-0.39, 0.29) is 23.0 Å². The molecule has 0 radical (unpaired) electrons. The number of ketones is 1. The monoisotopic (exact) mass is 423 g/mol. The standard InChI is InChI=1S/C23H25N3O5/c1-3-24-8-10-25(11-9-24)14-18-19(27)12-15(2)21-22(28)20(31-23(18)21)13-16-4-6-17(7-5-16)26(29)30/h4-7,12-13,27H,3,8-11,14H2,1-2H3/b20-13-. The number of non-ortho nitro benzene ring substituents is 1. The molecule has 2 aromatic rings. The zero-order chi connectivity index (χ0) is 22.1. The molecule has 0 aliphatic carbocycles. The van der Waals surface area contributed by atoms with Gasteiger partial charge in [-0.1, -0.05) is 6.92 Å². The highest BCUT2D eigenvalue weighted by Gasteiger charge is 2.34. The normalized spacial score (nSPS) is 18.3. The van der Waals surface area contributed by atoms with Crippen molar-refractivity contribution in [3.63, 3.8) is 0 Å². The first-order valence-corrected chi connectivity index (χ1v) is 10.4. The van der Waals surface area contributed by atoms with Crippen LogP contribution < -0.4 is 4.74 Å². The number of ether oxygens (including phenoxy) is 1. The smallest absolute Gasteiger partial charge is 0.269 e. The van der Waals surface area contributed by atoms with Crippen LogP contribution in [-0.2, 0) is 6.54 Å². The van der Waals surface area contributed by atoms with Crippen LogP contribution in [0.1, 0.15) is 34.0 Å². The molecule has 0 aromatic heterocycles. The van der Waals surface area contributed by atoms with Gasteiger partial charge in [0, 0.05) is 44.9 Å². The Labute approximate surface area is 180 Å². The molecule has 162 valence electrons. The third kappa shape index (κ3) is 4.17. The first-order chi connectivity index (χ1) is 14.9. The van der Waals surface area contributed by atoms with E-state index in [4.69, 9.17) is 4.74 Å². The van der Waals surface area contributed by atoms with Crippen LogP contribution in [0.25, 0.3) is 6.08 Å². The molecule has 0 unspecified atom stereocenters. The van der Waals surface area contributed by atoms with E-state index in [1.165, 1.54) is 12.1 Å². The zero-order valence-electron chi connectivity index (χ0n) is 17.6. The van der Waals surface area contributed by atoms with Crippen LogP contribution in [0.2, 0.25) is 0 Å². The van der Waals surface area contributed by atoms with Gasteiger partial charge in [0.25, 0.3) is 5.69 Å². The third-order valence-corrected chi connectivity index (χ3v) is 5.92. The molecule has 31 heavy (non-hydrogen) atoms. The highest BCUT2D eigenvalue weighted by Crippen LogP contribution is 2.42. The molecule has 1 fully saturated rings. The van der Waals surface area contributed by atoms with E-state index in [0.29, 0.717) is 34.5 Å². The van der Waals surface area contributed by atoms with Gasteiger partial charge in [0.15, 0.2) is 5.76 Å².